The fourth-order valence-electron chi connectivity index (χ4n) is 0.0635. The molecule has 0 aliphatic carbocycles. The molecule has 0 saturated carbocycles. The minimum Gasteiger partial charge on any atom is -0.381 e. The van der Waals surface area contributed by atoms with Crippen LogP contribution in [-0.4, -0.2) is 17.9 Å². The summed E-state index contributed by atoms with van der Waals surface area (Å²) in [6.07, 6.45) is 0.00231. The lowest BCUT2D eigenvalue weighted by Gasteiger charge is -1.78. The van der Waals surface area contributed by atoms with Gasteiger partial charge in [0.05, 0.1) is 0 Å². The standard InChI is InChI=1S/C3H4N2O2/c4-3(5)2(7)1-6/h1H,(H3,4,5). The Labute approximate surface area is 39.8 Å². The largest absolute Gasteiger partial charge is 0.381 e. The van der Waals surface area contributed by atoms with E-state index in [4.69, 9.17) is 5.41 Å². The van der Waals surface area contributed by atoms with Gasteiger partial charge in [-0.05, 0) is 0 Å². The highest BCUT2D eigenvalue weighted by Crippen LogP contribution is 1.56. The third kappa shape index (κ3) is 1.64. The van der Waals surface area contributed by atoms with Crippen LogP contribution in [0.15, 0.2) is 0 Å². The van der Waals surface area contributed by atoms with E-state index in [1.807, 2.05) is 0 Å². The molecule has 0 saturated heterocycles. The normalized spacial score (nSPS) is 7.43. The number of Topliss-reactive ketones (excluding diaryl/α,β-unsaturated/α-hetero) is 1. The summed E-state index contributed by atoms with van der Waals surface area (Å²) in [6, 6.07) is 0. The summed E-state index contributed by atoms with van der Waals surface area (Å²) in [4.78, 5) is 19.2. The quantitative estimate of drug-likeness (QED) is 0.195. The molecule has 0 heterocycles. The van der Waals surface area contributed by atoms with Crippen LogP contribution in [0.4, 0.5) is 0 Å². The van der Waals surface area contributed by atoms with Crippen LogP contribution in [0.3, 0.4) is 0 Å². The molecule has 0 aliphatic rings. The van der Waals surface area contributed by atoms with Gasteiger partial charge >= 0.3 is 0 Å². The first-order valence-corrected chi connectivity index (χ1v) is 1.52. The third-order valence-electron chi connectivity index (χ3n) is 0.372. The van der Waals surface area contributed by atoms with Crippen LogP contribution in [0.5, 0.6) is 0 Å². The molecule has 0 spiro atoms. The van der Waals surface area contributed by atoms with Crippen molar-refractivity contribution in [3.8, 4) is 0 Å². The monoisotopic (exact) mass is 100 g/mol. The number of hydrogen-bond donors (Lipinski definition) is 2. The Bertz CT molecular complexity index is 118. The van der Waals surface area contributed by atoms with Crippen LogP contribution in [0.2, 0.25) is 0 Å². The van der Waals surface area contributed by atoms with Crippen molar-refractivity contribution in [2.24, 2.45) is 5.73 Å². The van der Waals surface area contributed by atoms with Gasteiger partial charge in [0.2, 0.25) is 0 Å². The second-order valence-corrected chi connectivity index (χ2v) is 0.896. The summed E-state index contributed by atoms with van der Waals surface area (Å²) >= 11 is 0. The van der Waals surface area contributed by atoms with E-state index in [1.54, 1.807) is 0 Å². The molecular formula is C3H4N2O2. The van der Waals surface area contributed by atoms with Gasteiger partial charge < -0.3 is 5.73 Å². The Morgan fingerprint density at radius 1 is 1.71 bits per heavy atom. The van der Waals surface area contributed by atoms with Crippen molar-refractivity contribution < 1.29 is 9.59 Å². The van der Waals surface area contributed by atoms with Crippen molar-refractivity contribution in [2.75, 3.05) is 0 Å². The number of carbonyl (C=O) groups excluding carboxylic acids is 2. The molecule has 0 unspecified atom stereocenters. The minimum absolute atomic E-state index is 0.00231. The first kappa shape index (κ1) is 5.81. The molecule has 7 heavy (non-hydrogen) atoms. The molecule has 0 aromatic carbocycles. The number of amidine groups is 1. The van der Waals surface area contributed by atoms with Gasteiger partial charge in [0.25, 0.3) is 5.78 Å². The lowest BCUT2D eigenvalue weighted by molar-refractivity contribution is -0.125. The number of nitrogens with one attached hydrogen (secondary N) is 1. The predicted molar refractivity (Wildman–Crippen MR) is 23.0 cm³/mol. The lowest BCUT2D eigenvalue weighted by atomic mass is 10.4. The first-order chi connectivity index (χ1) is 3.18. The SMILES string of the molecule is N=C(N)C(=O)C=O. The Kier molecular flexibility index (Phi) is 1.72. The maximum absolute atomic E-state index is 9.79. The van der Waals surface area contributed by atoms with Gasteiger partial charge in [-0.15, -0.1) is 0 Å². The number of carbonyl (C=O) groups is 2. The zero-order valence-electron chi connectivity index (χ0n) is 3.47. The van der Waals surface area contributed by atoms with Crippen LogP contribution in [0.1, 0.15) is 0 Å². The Hall–Kier alpha value is -1.19. The highest BCUT2D eigenvalue weighted by atomic mass is 16.2. The molecule has 0 bridgehead atoms. The van der Waals surface area contributed by atoms with Gasteiger partial charge in [-0.1, -0.05) is 0 Å². The summed E-state index contributed by atoms with van der Waals surface area (Å²) in [5.41, 5.74) is 4.55. The molecular weight excluding hydrogens is 96.0 g/mol. The van der Waals surface area contributed by atoms with Gasteiger partial charge in [0.15, 0.2) is 12.1 Å². The highest BCUT2D eigenvalue weighted by molar-refractivity contribution is 6.57. The van der Waals surface area contributed by atoms with E-state index in [-0.39, 0.29) is 6.29 Å². The number of ketones is 1. The molecule has 0 amide bonds. The zero-order chi connectivity index (χ0) is 5.86. The number of rotatable bonds is 2. The first-order valence-electron chi connectivity index (χ1n) is 1.52. The van der Waals surface area contributed by atoms with E-state index in [1.165, 1.54) is 0 Å². The van der Waals surface area contributed by atoms with E-state index in [0.29, 0.717) is 0 Å². The lowest BCUT2D eigenvalue weighted by Crippen LogP contribution is -2.22. The van der Waals surface area contributed by atoms with Gasteiger partial charge in [-0.3, -0.25) is 15.0 Å². The smallest absolute Gasteiger partial charge is 0.259 e. The van der Waals surface area contributed by atoms with Crippen molar-refractivity contribution in [3.63, 3.8) is 0 Å². The molecule has 0 aliphatic heterocycles. The molecule has 0 aromatic rings. The molecule has 3 N–H and O–H groups in total. The second-order valence-electron chi connectivity index (χ2n) is 0.896. The van der Waals surface area contributed by atoms with E-state index in [9.17, 15) is 9.59 Å². The minimum atomic E-state index is -0.972. The summed E-state index contributed by atoms with van der Waals surface area (Å²) in [7, 11) is 0. The second kappa shape index (κ2) is 2.07. The van der Waals surface area contributed by atoms with E-state index in [0.717, 1.165) is 0 Å². The van der Waals surface area contributed by atoms with Crippen molar-refractivity contribution in [3.05, 3.63) is 0 Å². The van der Waals surface area contributed by atoms with Crippen LogP contribution in [0.25, 0.3) is 0 Å². The average Bonchev–Trinajstić information content (AvgIpc) is 1.65. The van der Waals surface area contributed by atoms with Crippen LogP contribution in [0, 0.1) is 5.41 Å². The third-order valence-corrected chi connectivity index (χ3v) is 0.372. The molecule has 4 nitrogen and oxygen atoms in total. The van der Waals surface area contributed by atoms with E-state index in [2.05, 4.69) is 5.73 Å². The fourth-order valence-corrected chi connectivity index (χ4v) is 0.0635. The molecule has 0 atom stereocenters. The van der Waals surface area contributed by atoms with Crippen molar-refractivity contribution >= 4 is 17.9 Å². The predicted octanol–water partition coefficient (Wildman–Crippen LogP) is -1.31. The highest BCUT2D eigenvalue weighted by Gasteiger charge is 1.98. The van der Waals surface area contributed by atoms with Gasteiger partial charge in [0.1, 0.15) is 0 Å². The Morgan fingerprint density at radius 2 is 2.14 bits per heavy atom. The zero-order valence-corrected chi connectivity index (χ0v) is 3.47. The van der Waals surface area contributed by atoms with Crippen LogP contribution in [-0.2, 0) is 9.59 Å². The van der Waals surface area contributed by atoms with Crippen molar-refractivity contribution in [2.45, 2.75) is 0 Å². The van der Waals surface area contributed by atoms with Gasteiger partial charge in [-0.25, -0.2) is 0 Å². The number of hydrogen-bond acceptors (Lipinski definition) is 3. The molecule has 4 heteroatoms. The summed E-state index contributed by atoms with van der Waals surface area (Å²) in [5.74, 6) is -1.69. The average molecular weight is 100 g/mol. The van der Waals surface area contributed by atoms with Gasteiger partial charge in [0, 0.05) is 0 Å². The molecule has 0 radical (unpaired) electrons. The Morgan fingerprint density at radius 3 is 2.14 bits per heavy atom. The van der Waals surface area contributed by atoms with Crippen LogP contribution >= 0.6 is 0 Å². The molecule has 0 fully saturated rings. The molecule has 0 aromatic heterocycles. The number of aldehydes is 1. The maximum atomic E-state index is 9.79. The van der Waals surface area contributed by atoms with Crippen molar-refractivity contribution in [1.29, 1.82) is 5.41 Å². The van der Waals surface area contributed by atoms with E-state index >= 15 is 0 Å². The molecule has 0 rings (SSSR count). The van der Waals surface area contributed by atoms with E-state index < -0.39 is 11.6 Å². The number of nitrogens with two attached hydrogens (primary N) is 1. The fraction of sp³-hybridized carbons (Fsp3) is 0. The summed E-state index contributed by atoms with van der Waals surface area (Å²) in [5, 5.41) is 6.30. The topological polar surface area (TPSA) is 84.0 Å². The summed E-state index contributed by atoms with van der Waals surface area (Å²) < 4.78 is 0. The van der Waals surface area contributed by atoms with Gasteiger partial charge in [-0.2, -0.15) is 0 Å². The maximum Gasteiger partial charge on any atom is 0.259 e. The Balaban J connectivity index is 3.81. The van der Waals surface area contributed by atoms with Crippen molar-refractivity contribution in [1.82, 2.24) is 0 Å². The molecule has 38 valence electrons. The summed E-state index contributed by atoms with van der Waals surface area (Å²) in [6.45, 7) is 0. The van der Waals surface area contributed by atoms with Crippen LogP contribution < -0.4 is 5.73 Å².